The first-order valence-corrected chi connectivity index (χ1v) is 21.8. The van der Waals surface area contributed by atoms with E-state index in [1.807, 2.05) is 18.2 Å². The van der Waals surface area contributed by atoms with Gasteiger partial charge in [-0.1, -0.05) is 151 Å². The van der Waals surface area contributed by atoms with Crippen molar-refractivity contribution < 1.29 is 0 Å². The molecule has 0 radical (unpaired) electrons. The van der Waals surface area contributed by atoms with E-state index in [2.05, 4.69) is 212 Å². The van der Waals surface area contributed by atoms with Gasteiger partial charge in [-0.05, 0) is 136 Å². The second-order valence-electron chi connectivity index (χ2n) is 17.1. The van der Waals surface area contributed by atoms with Gasteiger partial charge in [-0.3, -0.25) is 4.90 Å². The van der Waals surface area contributed by atoms with E-state index in [1.165, 1.54) is 50.3 Å². The highest BCUT2D eigenvalue weighted by molar-refractivity contribution is 6.03. The van der Waals surface area contributed by atoms with Crippen molar-refractivity contribution in [3.63, 3.8) is 0 Å². The molecule has 1 aromatic heterocycles. The Bertz CT molecular complexity index is 3050. The molecule has 0 aliphatic rings. The summed E-state index contributed by atoms with van der Waals surface area (Å²) in [5.74, 6) is 1.74. The van der Waals surface area contributed by atoms with Crippen LogP contribution in [0.15, 0.2) is 158 Å². The second kappa shape index (κ2) is 16.8. The van der Waals surface area contributed by atoms with E-state index in [0.29, 0.717) is 17.6 Å². The van der Waals surface area contributed by atoms with Crippen LogP contribution in [0.4, 0.5) is 34.4 Å². The normalized spacial score (nSPS) is 11.3. The zero-order valence-corrected chi connectivity index (χ0v) is 37.7. The molecule has 5 nitrogen and oxygen atoms in total. The molecule has 0 amide bonds. The topological polar surface area (TPSA) is 45.2 Å². The van der Waals surface area contributed by atoms with E-state index in [4.69, 9.17) is 15.0 Å². The van der Waals surface area contributed by atoms with Crippen LogP contribution in [0.3, 0.4) is 0 Å². The lowest BCUT2D eigenvalue weighted by Gasteiger charge is -2.36. The van der Waals surface area contributed by atoms with Crippen LogP contribution in [-0.2, 0) is 0 Å². The van der Waals surface area contributed by atoms with Crippen molar-refractivity contribution >= 4 is 45.2 Å². The zero-order valence-electron chi connectivity index (χ0n) is 37.7. The van der Waals surface area contributed by atoms with Crippen LogP contribution in [0, 0.1) is 62.3 Å². The van der Waals surface area contributed by atoms with E-state index in [1.54, 1.807) is 0 Å². The minimum atomic E-state index is 0.537. The molecule has 0 atom stereocenters. The van der Waals surface area contributed by atoms with E-state index in [0.717, 1.165) is 61.2 Å². The van der Waals surface area contributed by atoms with Gasteiger partial charge in [0.05, 0.1) is 22.7 Å². The minimum absolute atomic E-state index is 0.537. The second-order valence-corrected chi connectivity index (χ2v) is 17.1. The van der Waals surface area contributed by atoms with Gasteiger partial charge in [-0.15, -0.1) is 0 Å². The molecule has 9 aromatic rings. The lowest BCUT2D eigenvalue weighted by Crippen LogP contribution is -2.21. The first kappa shape index (κ1) is 41.0. The Hall–Kier alpha value is -7.37. The summed E-state index contributed by atoms with van der Waals surface area (Å²) in [6.07, 6.45) is 0. The fraction of sp³-hybridized carbons (Fsp3) is 0.155. The van der Waals surface area contributed by atoms with Crippen LogP contribution in [-0.4, -0.2) is 15.0 Å². The van der Waals surface area contributed by atoms with Crippen molar-refractivity contribution in [2.75, 3.05) is 9.80 Å². The molecule has 0 N–H and O–H groups in total. The Morgan fingerprint density at radius 2 is 0.825 bits per heavy atom. The van der Waals surface area contributed by atoms with Gasteiger partial charge in [-0.25, -0.2) is 4.98 Å². The zero-order chi connectivity index (χ0) is 43.9. The number of nitrogens with zero attached hydrogens (tertiary/aromatic N) is 5. The molecule has 0 saturated carbocycles. The Morgan fingerprint density at radius 3 is 1.40 bits per heavy atom. The number of aryl methyl sites for hydroxylation is 8. The van der Waals surface area contributed by atoms with Crippen LogP contribution in [0.25, 0.3) is 44.7 Å². The third-order valence-electron chi connectivity index (χ3n) is 12.2. The lowest BCUT2D eigenvalue weighted by atomic mass is 9.93. The molecule has 0 fully saturated rings. The summed E-state index contributed by atoms with van der Waals surface area (Å²) in [5, 5.41) is 2.30. The molecular formula is C58H53N5. The molecule has 0 unspecified atom stereocenters. The molecule has 310 valence electrons. The van der Waals surface area contributed by atoms with Gasteiger partial charge in [0.25, 0.3) is 0 Å². The van der Waals surface area contributed by atoms with E-state index in [9.17, 15) is 0 Å². The summed E-state index contributed by atoms with van der Waals surface area (Å²) in [4.78, 5) is 21.0. The third kappa shape index (κ3) is 7.65. The first-order valence-electron chi connectivity index (χ1n) is 21.8. The highest BCUT2D eigenvalue weighted by atomic mass is 15.3. The van der Waals surface area contributed by atoms with Crippen molar-refractivity contribution in [1.82, 2.24) is 15.0 Å². The van der Waals surface area contributed by atoms with Gasteiger partial charge in [0, 0.05) is 22.4 Å². The van der Waals surface area contributed by atoms with Crippen molar-refractivity contribution in [2.24, 2.45) is 0 Å². The smallest absolute Gasteiger partial charge is 0.238 e. The van der Waals surface area contributed by atoms with Gasteiger partial charge in [0.15, 0.2) is 11.6 Å². The Labute approximate surface area is 372 Å². The summed E-state index contributed by atoms with van der Waals surface area (Å²) in [5.41, 5.74) is 20.4. The molecule has 8 aromatic carbocycles. The number of hydrogen-bond acceptors (Lipinski definition) is 5. The average molecular weight is 820 g/mol. The number of hydrogen-bond donors (Lipinski definition) is 0. The Balaban J connectivity index is 1.36. The monoisotopic (exact) mass is 819 g/mol. The molecule has 5 heteroatoms. The SMILES string of the molecule is Cc1cc(C)c(N(c2c(C)cc(C)cc2C)c2c(C)cc(C)c(N(c3ccccc3)c3nc(-c4ccccc4)nc(-c4ccc5ccccc5c4-c4ccccc4)n3)c2C)c(C)c1. The predicted octanol–water partition coefficient (Wildman–Crippen LogP) is 15.7. The van der Waals surface area contributed by atoms with Crippen LogP contribution < -0.4 is 9.80 Å². The number of aromatic nitrogens is 3. The van der Waals surface area contributed by atoms with Gasteiger partial charge in [0.1, 0.15) is 0 Å². The van der Waals surface area contributed by atoms with E-state index >= 15 is 0 Å². The minimum Gasteiger partial charge on any atom is -0.309 e. The molecule has 9 rings (SSSR count). The molecular weight excluding hydrogens is 767 g/mol. The molecule has 0 bridgehead atoms. The van der Waals surface area contributed by atoms with Gasteiger partial charge >= 0.3 is 0 Å². The van der Waals surface area contributed by atoms with Gasteiger partial charge in [0.2, 0.25) is 5.95 Å². The first-order chi connectivity index (χ1) is 30.5. The van der Waals surface area contributed by atoms with Gasteiger partial charge in [-0.2, -0.15) is 9.97 Å². The lowest BCUT2D eigenvalue weighted by molar-refractivity contribution is 1.01. The number of para-hydroxylation sites is 1. The average Bonchev–Trinajstić information content (AvgIpc) is 3.27. The van der Waals surface area contributed by atoms with Crippen molar-refractivity contribution in [3.05, 3.63) is 208 Å². The molecule has 0 saturated heterocycles. The summed E-state index contributed by atoms with van der Waals surface area (Å²) in [7, 11) is 0. The van der Waals surface area contributed by atoms with Crippen LogP contribution >= 0.6 is 0 Å². The Kier molecular flexibility index (Phi) is 11.0. The highest BCUT2D eigenvalue weighted by Crippen LogP contribution is 2.50. The maximum absolute atomic E-state index is 5.54. The van der Waals surface area contributed by atoms with Crippen molar-refractivity contribution in [2.45, 2.75) is 62.3 Å². The van der Waals surface area contributed by atoms with Crippen molar-refractivity contribution in [1.29, 1.82) is 0 Å². The van der Waals surface area contributed by atoms with E-state index < -0.39 is 0 Å². The third-order valence-corrected chi connectivity index (χ3v) is 12.2. The molecule has 63 heavy (non-hydrogen) atoms. The van der Waals surface area contributed by atoms with Crippen molar-refractivity contribution in [3.8, 4) is 33.9 Å². The molecule has 1 heterocycles. The predicted molar refractivity (Wildman–Crippen MR) is 266 cm³/mol. The van der Waals surface area contributed by atoms with Gasteiger partial charge < -0.3 is 4.90 Å². The molecule has 0 spiro atoms. The molecule has 0 aliphatic heterocycles. The Morgan fingerprint density at radius 1 is 0.365 bits per heavy atom. The largest absolute Gasteiger partial charge is 0.309 e. The summed E-state index contributed by atoms with van der Waals surface area (Å²) in [6, 6.07) is 55.8. The quantitative estimate of drug-likeness (QED) is 0.145. The fourth-order valence-electron chi connectivity index (χ4n) is 9.84. The number of fused-ring (bicyclic) bond motifs is 1. The fourth-order valence-corrected chi connectivity index (χ4v) is 9.84. The standard InChI is InChI=1S/C58H53N5/c1-36-31-38(3)52(39(4)32-36)63(53-40(5)33-37(2)34-41(53)6)55-43(8)35-42(7)54(44(55)9)62(48-26-17-12-18-27-48)58-60-56(47-24-15-11-16-25-47)59-57(61-58)50-30-29-45-21-19-20-28-49(45)51(50)46-22-13-10-14-23-46/h10-35H,1-9H3. The highest BCUT2D eigenvalue weighted by Gasteiger charge is 2.30. The number of rotatable bonds is 9. The summed E-state index contributed by atoms with van der Waals surface area (Å²) in [6.45, 7) is 20.1. The van der Waals surface area contributed by atoms with Crippen LogP contribution in [0.2, 0.25) is 0 Å². The number of anilines is 6. The van der Waals surface area contributed by atoms with Crippen LogP contribution in [0.5, 0.6) is 0 Å². The maximum Gasteiger partial charge on any atom is 0.238 e. The summed E-state index contributed by atoms with van der Waals surface area (Å²) >= 11 is 0. The van der Waals surface area contributed by atoms with Crippen LogP contribution in [0.1, 0.15) is 50.1 Å². The molecule has 0 aliphatic carbocycles. The number of benzene rings is 8. The summed E-state index contributed by atoms with van der Waals surface area (Å²) < 4.78 is 0. The van der Waals surface area contributed by atoms with E-state index in [-0.39, 0.29) is 0 Å². The maximum atomic E-state index is 5.54.